The lowest BCUT2D eigenvalue weighted by Crippen LogP contribution is -2.05. The molecule has 1 unspecified atom stereocenters. The van der Waals surface area contributed by atoms with Crippen LogP contribution in [0.4, 0.5) is 0 Å². The number of halogens is 2. The quantitative estimate of drug-likeness (QED) is 0.791. The summed E-state index contributed by atoms with van der Waals surface area (Å²) in [5, 5.41) is 19.7. The van der Waals surface area contributed by atoms with Gasteiger partial charge < -0.3 is 9.67 Å². The van der Waals surface area contributed by atoms with Crippen LogP contribution < -0.4 is 0 Å². The summed E-state index contributed by atoms with van der Waals surface area (Å²) in [4.78, 5) is 0. The Morgan fingerprint density at radius 1 is 1.33 bits per heavy atom. The molecule has 2 aromatic rings. The van der Waals surface area contributed by atoms with Crippen LogP contribution in [0.25, 0.3) is 0 Å². The first-order valence-electron chi connectivity index (χ1n) is 6.71. The molecule has 0 aliphatic rings. The van der Waals surface area contributed by atoms with Crippen LogP contribution >= 0.6 is 35.0 Å². The molecule has 1 atom stereocenters. The summed E-state index contributed by atoms with van der Waals surface area (Å²) in [6.07, 6.45) is 0.949. The first-order valence-corrected chi connectivity index (χ1v) is 8.34. The predicted molar refractivity (Wildman–Crippen MR) is 87.0 cm³/mol. The van der Waals surface area contributed by atoms with Crippen LogP contribution in [0.3, 0.4) is 0 Å². The number of hydrogen-bond donors (Lipinski definition) is 1. The van der Waals surface area contributed by atoms with E-state index in [1.165, 1.54) is 0 Å². The molecular formula is C14H17Cl2N3OS. The van der Waals surface area contributed by atoms with Crippen molar-refractivity contribution in [2.45, 2.75) is 43.8 Å². The molecule has 114 valence electrons. The highest BCUT2D eigenvalue weighted by atomic mass is 35.5. The first-order chi connectivity index (χ1) is 10.1. The zero-order valence-electron chi connectivity index (χ0n) is 11.9. The molecule has 0 amide bonds. The van der Waals surface area contributed by atoms with Crippen molar-refractivity contribution in [1.29, 1.82) is 0 Å². The van der Waals surface area contributed by atoms with E-state index in [1.54, 1.807) is 23.9 Å². The Labute approximate surface area is 138 Å². The number of aliphatic hydroxyl groups is 1. The lowest BCUT2D eigenvalue weighted by atomic mass is 10.2. The van der Waals surface area contributed by atoms with Gasteiger partial charge in [0.15, 0.2) is 11.0 Å². The molecule has 7 heteroatoms. The van der Waals surface area contributed by atoms with E-state index in [4.69, 9.17) is 23.2 Å². The molecule has 1 aromatic heterocycles. The molecule has 21 heavy (non-hydrogen) atoms. The van der Waals surface area contributed by atoms with Gasteiger partial charge in [-0.05, 0) is 37.1 Å². The van der Waals surface area contributed by atoms with E-state index < -0.39 is 0 Å². The number of rotatable bonds is 6. The Bertz CT molecular complexity index is 618. The van der Waals surface area contributed by atoms with Gasteiger partial charge in [-0.3, -0.25) is 0 Å². The van der Waals surface area contributed by atoms with Gasteiger partial charge in [0.2, 0.25) is 0 Å². The number of thioether (sulfide) groups is 1. The van der Waals surface area contributed by atoms with Crippen molar-refractivity contribution in [3.63, 3.8) is 0 Å². The second-order valence-corrected chi connectivity index (χ2v) is 6.79. The molecule has 0 spiro atoms. The minimum atomic E-state index is -0.111. The molecule has 1 aromatic carbocycles. The molecule has 2 rings (SSSR count). The summed E-state index contributed by atoms with van der Waals surface area (Å²) in [5.74, 6) is 0.587. The van der Waals surface area contributed by atoms with Crippen LogP contribution in [0.5, 0.6) is 0 Å². The molecule has 0 aliphatic carbocycles. The van der Waals surface area contributed by atoms with Crippen LogP contribution in [-0.4, -0.2) is 19.9 Å². The molecule has 0 saturated carbocycles. The second kappa shape index (κ2) is 7.49. The van der Waals surface area contributed by atoms with E-state index in [1.807, 2.05) is 17.6 Å². The fraction of sp³-hybridized carbons (Fsp3) is 0.429. The maximum atomic E-state index is 9.32. The third-order valence-electron chi connectivity index (χ3n) is 3.06. The van der Waals surface area contributed by atoms with E-state index in [2.05, 4.69) is 17.1 Å². The van der Waals surface area contributed by atoms with Gasteiger partial charge in [-0.2, -0.15) is 0 Å². The fourth-order valence-electron chi connectivity index (χ4n) is 2.02. The number of hydrogen-bond acceptors (Lipinski definition) is 4. The zero-order chi connectivity index (χ0) is 15.4. The van der Waals surface area contributed by atoms with Crippen molar-refractivity contribution >= 4 is 35.0 Å². The van der Waals surface area contributed by atoms with Gasteiger partial charge in [0.05, 0.1) is 0 Å². The van der Waals surface area contributed by atoms with Crippen molar-refractivity contribution in [1.82, 2.24) is 14.8 Å². The number of nitrogens with zero attached hydrogens (tertiary/aromatic N) is 3. The van der Waals surface area contributed by atoms with Crippen LogP contribution in [0.15, 0.2) is 23.4 Å². The third kappa shape index (κ3) is 3.92. The van der Waals surface area contributed by atoms with Crippen molar-refractivity contribution in [2.75, 3.05) is 0 Å². The maximum Gasteiger partial charge on any atom is 0.191 e. The van der Waals surface area contributed by atoms with Gasteiger partial charge in [-0.1, -0.05) is 41.9 Å². The van der Waals surface area contributed by atoms with Crippen LogP contribution in [-0.2, 0) is 13.2 Å². The van der Waals surface area contributed by atoms with Crippen LogP contribution in [0.2, 0.25) is 10.0 Å². The highest BCUT2D eigenvalue weighted by molar-refractivity contribution is 7.99. The van der Waals surface area contributed by atoms with Crippen molar-refractivity contribution in [2.24, 2.45) is 0 Å². The molecule has 1 heterocycles. The van der Waals surface area contributed by atoms with E-state index >= 15 is 0 Å². The van der Waals surface area contributed by atoms with E-state index in [9.17, 15) is 5.11 Å². The highest BCUT2D eigenvalue weighted by Gasteiger charge is 2.17. The van der Waals surface area contributed by atoms with Gasteiger partial charge in [-0.15, -0.1) is 10.2 Å². The predicted octanol–water partition coefficient (Wildman–Crippen LogP) is 4.34. The van der Waals surface area contributed by atoms with E-state index in [0.717, 1.165) is 23.7 Å². The van der Waals surface area contributed by atoms with Crippen LogP contribution in [0, 0.1) is 0 Å². The number of benzene rings is 1. The lowest BCUT2D eigenvalue weighted by molar-refractivity contribution is 0.263. The standard InChI is InChI=1S/C14H17Cl2N3OS/c1-3-6-19-13(8-20)17-18-14(19)21-9(2)11-7-10(15)4-5-12(11)16/h4-5,7,9,20H,3,6,8H2,1-2H3. The Balaban J connectivity index is 2.25. The second-order valence-electron chi connectivity index (χ2n) is 4.63. The number of aromatic nitrogens is 3. The summed E-state index contributed by atoms with van der Waals surface area (Å²) >= 11 is 13.8. The van der Waals surface area contributed by atoms with Gasteiger partial charge in [0.25, 0.3) is 0 Å². The van der Waals surface area contributed by atoms with Crippen molar-refractivity contribution in [3.05, 3.63) is 39.6 Å². The average molecular weight is 346 g/mol. The third-order valence-corrected chi connectivity index (χ3v) is 4.76. The van der Waals surface area contributed by atoms with Gasteiger partial charge in [0.1, 0.15) is 6.61 Å². The molecule has 4 nitrogen and oxygen atoms in total. The monoisotopic (exact) mass is 345 g/mol. The molecule has 0 radical (unpaired) electrons. The first kappa shape index (κ1) is 16.6. The summed E-state index contributed by atoms with van der Waals surface area (Å²) in [7, 11) is 0. The maximum absolute atomic E-state index is 9.32. The summed E-state index contributed by atoms with van der Waals surface area (Å²) in [6, 6.07) is 5.44. The van der Waals surface area contributed by atoms with Gasteiger partial charge >= 0.3 is 0 Å². The largest absolute Gasteiger partial charge is 0.388 e. The minimum absolute atomic E-state index is 0.0857. The Hall–Kier alpha value is -0.750. The van der Waals surface area contributed by atoms with Crippen LogP contribution in [0.1, 0.15) is 36.9 Å². The minimum Gasteiger partial charge on any atom is -0.388 e. The normalized spacial score (nSPS) is 12.6. The molecule has 1 N–H and O–H groups in total. The summed E-state index contributed by atoms with van der Waals surface area (Å²) in [5.41, 5.74) is 0.964. The zero-order valence-corrected chi connectivity index (χ0v) is 14.2. The highest BCUT2D eigenvalue weighted by Crippen LogP contribution is 2.38. The Morgan fingerprint density at radius 2 is 2.10 bits per heavy atom. The smallest absolute Gasteiger partial charge is 0.191 e. The topological polar surface area (TPSA) is 50.9 Å². The molecule has 0 saturated heterocycles. The van der Waals surface area contributed by atoms with E-state index in [-0.39, 0.29) is 11.9 Å². The Kier molecular flexibility index (Phi) is 5.93. The lowest BCUT2D eigenvalue weighted by Gasteiger charge is -2.14. The SMILES string of the molecule is CCCn1c(CO)nnc1SC(C)c1cc(Cl)ccc1Cl. The van der Waals surface area contributed by atoms with Crippen molar-refractivity contribution < 1.29 is 5.11 Å². The summed E-state index contributed by atoms with van der Waals surface area (Å²) in [6.45, 7) is 4.79. The van der Waals surface area contributed by atoms with Gasteiger partial charge in [0, 0.05) is 21.8 Å². The number of aliphatic hydroxyl groups excluding tert-OH is 1. The fourth-order valence-corrected chi connectivity index (χ4v) is 3.60. The van der Waals surface area contributed by atoms with E-state index in [0.29, 0.717) is 15.9 Å². The molecular weight excluding hydrogens is 329 g/mol. The van der Waals surface area contributed by atoms with Crippen molar-refractivity contribution in [3.8, 4) is 0 Å². The Morgan fingerprint density at radius 3 is 2.76 bits per heavy atom. The average Bonchev–Trinajstić information content (AvgIpc) is 2.84. The molecule has 0 fully saturated rings. The van der Waals surface area contributed by atoms with Gasteiger partial charge in [-0.25, -0.2) is 0 Å². The summed E-state index contributed by atoms with van der Waals surface area (Å²) < 4.78 is 1.94. The molecule has 0 bridgehead atoms. The molecule has 0 aliphatic heterocycles.